The molecule has 1 saturated carbocycles. The lowest BCUT2D eigenvalue weighted by molar-refractivity contribution is -0.134. The maximum atomic E-state index is 12.3. The lowest BCUT2D eigenvalue weighted by Crippen LogP contribution is -2.45. The highest BCUT2D eigenvalue weighted by atomic mass is 16.3. The Hall–Kier alpha value is -0.830. The summed E-state index contributed by atoms with van der Waals surface area (Å²) in [5, 5.41) is 9.78. The van der Waals surface area contributed by atoms with E-state index in [0.717, 1.165) is 19.4 Å². The molecule has 0 aromatic heterocycles. The first-order valence-electron chi connectivity index (χ1n) is 6.42. The van der Waals surface area contributed by atoms with Crippen LogP contribution in [0.1, 0.15) is 19.3 Å². The van der Waals surface area contributed by atoms with E-state index in [1.165, 1.54) is 6.42 Å². The van der Waals surface area contributed by atoms with Crippen molar-refractivity contribution in [2.45, 2.75) is 31.4 Å². The highest BCUT2D eigenvalue weighted by Gasteiger charge is 2.59. The largest absolute Gasteiger partial charge is 0.393 e. The van der Waals surface area contributed by atoms with Crippen molar-refractivity contribution in [3.63, 3.8) is 0 Å². The molecule has 16 heavy (non-hydrogen) atoms. The van der Waals surface area contributed by atoms with Crippen molar-refractivity contribution >= 4 is 5.91 Å². The first-order valence-corrected chi connectivity index (χ1v) is 6.42. The summed E-state index contributed by atoms with van der Waals surface area (Å²) in [7, 11) is 0. The minimum atomic E-state index is -0.184. The monoisotopic (exact) mass is 219 g/mol. The molecule has 86 valence electrons. The van der Waals surface area contributed by atoms with E-state index in [-0.39, 0.29) is 12.0 Å². The van der Waals surface area contributed by atoms with Gasteiger partial charge < -0.3 is 10.0 Å². The number of allylic oxidation sites excluding steroid dienone is 2. The highest BCUT2D eigenvalue weighted by molar-refractivity contribution is 5.84. The van der Waals surface area contributed by atoms with Crippen molar-refractivity contribution in [2.24, 2.45) is 23.7 Å². The number of nitrogens with zero attached hydrogens (tertiary/aromatic N) is 1. The van der Waals surface area contributed by atoms with Gasteiger partial charge in [-0.25, -0.2) is 0 Å². The minimum Gasteiger partial charge on any atom is -0.393 e. The van der Waals surface area contributed by atoms with Gasteiger partial charge in [-0.3, -0.25) is 4.79 Å². The summed E-state index contributed by atoms with van der Waals surface area (Å²) in [6.45, 7) is 0.775. The Bertz CT molecular complexity index is 378. The minimum absolute atomic E-state index is 0.184. The number of amides is 1. The molecule has 1 N–H and O–H groups in total. The summed E-state index contributed by atoms with van der Waals surface area (Å²) in [5.74, 6) is 2.26. The average Bonchev–Trinajstić information content (AvgIpc) is 2.92. The van der Waals surface area contributed by atoms with E-state index in [1.807, 2.05) is 0 Å². The van der Waals surface area contributed by atoms with Gasteiger partial charge in [0, 0.05) is 18.5 Å². The number of carbonyl (C=O) groups excluding carboxylic acids is 1. The van der Waals surface area contributed by atoms with E-state index in [1.54, 1.807) is 0 Å². The van der Waals surface area contributed by atoms with E-state index in [4.69, 9.17) is 0 Å². The Kier molecular flexibility index (Phi) is 1.67. The smallest absolute Gasteiger partial charge is 0.226 e. The quantitative estimate of drug-likeness (QED) is 0.612. The molecule has 4 rings (SSSR count). The van der Waals surface area contributed by atoms with Crippen molar-refractivity contribution in [3.8, 4) is 0 Å². The molecular weight excluding hydrogens is 202 g/mol. The molecular formula is C13H17NO2. The third-order valence-electron chi connectivity index (χ3n) is 5.15. The summed E-state index contributed by atoms with van der Waals surface area (Å²) in [6, 6.07) is 0.334. The zero-order chi connectivity index (χ0) is 10.9. The van der Waals surface area contributed by atoms with Crippen LogP contribution in [0.4, 0.5) is 0 Å². The van der Waals surface area contributed by atoms with Crippen LogP contribution in [0.25, 0.3) is 0 Å². The van der Waals surface area contributed by atoms with Gasteiger partial charge in [-0.1, -0.05) is 12.2 Å². The fourth-order valence-electron chi connectivity index (χ4n) is 4.54. The number of piperidine rings is 1. The molecule has 4 aliphatic rings. The van der Waals surface area contributed by atoms with Crippen molar-refractivity contribution < 1.29 is 9.90 Å². The normalized spacial score (nSPS) is 53.3. The van der Waals surface area contributed by atoms with Gasteiger partial charge in [0.2, 0.25) is 5.91 Å². The molecule has 3 fully saturated rings. The Morgan fingerprint density at radius 1 is 1.25 bits per heavy atom. The molecule has 0 spiro atoms. The van der Waals surface area contributed by atoms with Crippen LogP contribution in [-0.2, 0) is 4.79 Å². The molecule has 2 aliphatic carbocycles. The van der Waals surface area contributed by atoms with Crippen molar-refractivity contribution in [2.75, 3.05) is 6.54 Å². The second kappa shape index (κ2) is 2.89. The van der Waals surface area contributed by atoms with Gasteiger partial charge in [0.15, 0.2) is 0 Å². The molecule has 3 heteroatoms. The van der Waals surface area contributed by atoms with Gasteiger partial charge in [0.1, 0.15) is 0 Å². The lowest BCUT2D eigenvalue weighted by Gasteiger charge is -2.36. The van der Waals surface area contributed by atoms with Gasteiger partial charge in [-0.05, 0) is 37.0 Å². The first kappa shape index (κ1) is 9.23. The summed E-state index contributed by atoms with van der Waals surface area (Å²) >= 11 is 0. The number of rotatable bonds is 0. The van der Waals surface area contributed by atoms with Gasteiger partial charge in [-0.15, -0.1) is 0 Å². The fraction of sp³-hybridized carbons (Fsp3) is 0.769. The van der Waals surface area contributed by atoms with E-state index < -0.39 is 0 Å². The number of hydrogen-bond acceptors (Lipinski definition) is 2. The van der Waals surface area contributed by atoms with Crippen molar-refractivity contribution in [1.82, 2.24) is 4.90 Å². The van der Waals surface area contributed by atoms with Crippen LogP contribution >= 0.6 is 0 Å². The fourth-order valence-corrected chi connectivity index (χ4v) is 4.54. The summed E-state index contributed by atoms with van der Waals surface area (Å²) in [4.78, 5) is 14.4. The molecule has 0 aromatic carbocycles. The lowest BCUT2D eigenvalue weighted by atomic mass is 9.79. The maximum absolute atomic E-state index is 12.3. The zero-order valence-electron chi connectivity index (χ0n) is 9.25. The number of fused-ring (bicyclic) bond motifs is 7. The summed E-state index contributed by atoms with van der Waals surface area (Å²) in [5.41, 5.74) is 0. The summed E-state index contributed by atoms with van der Waals surface area (Å²) in [6.07, 6.45) is 7.13. The van der Waals surface area contributed by atoms with Crippen LogP contribution in [-0.4, -0.2) is 34.6 Å². The van der Waals surface area contributed by atoms with E-state index in [0.29, 0.717) is 29.7 Å². The second-order valence-electron chi connectivity index (χ2n) is 5.83. The molecule has 2 saturated heterocycles. The second-order valence-corrected chi connectivity index (χ2v) is 5.83. The first-order chi connectivity index (χ1) is 7.75. The maximum Gasteiger partial charge on any atom is 0.226 e. The molecule has 6 atom stereocenters. The number of aliphatic hydroxyl groups is 1. The van der Waals surface area contributed by atoms with Gasteiger partial charge in [0.05, 0.1) is 6.10 Å². The van der Waals surface area contributed by atoms with E-state index >= 15 is 0 Å². The van der Waals surface area contributed by atoms with Gasteiger partial charge in [-0.2, -0.15) is 0 Å². The van der Waals surface area contributed by atoms with Gasteiger partial charge in [0.25, 0.3) is 0 Å². The van der Waals surface area contributed by atoms with Crippen molar-refractivity contribution in [3.05, 3.63) is 12.2 Å². The molecule has 3 nitrogen and oxygen atoms in total. The van der Waals surface area contributed by atoms with Crippen molar-refractivity contribution in [1.29, 1.82) is 0 Å². The molecule has 2 bridgehead atoms. The SMILES string of the molecule is O=C1[C@@H]2[C@@H]([C@@H]3C=C[C@H]2C3)[C@@H]2C[C@H](O)CCN12. The predicted molar refractivity (Wildman–Crippen MR) is 58.5 cm³/mol. The van der Waals surface area contributed by atoms with Crippen LogP contribution in [0.3, 0.4) is 0 Å². The zero-order valence-corrected chi connectivity index (χ0v) is 9.25. The van der Waals surface area contributed by atoms with Gasteiger partial charge >= 0.3 is 0 Å². The summed E-state index contributed by atoms with van der Waals surface area (Å²) < 4.78 is 0. The van der Waals surface area contributed by atoms with Crippen LogP contribution in [0.15, 0.2) is 12.2 Å². The van der Waals surface area contributed by atoms with Crippen LogP contribution < -0.4 is 0 Å². The molecule has 0 radical (unpaired) electrons. The average molecular weight is 219 g/mol. The third-order valence-corrected chi connectivity index (χ3v) is 5.15. The predicted octanol–water partition coefficient (Wildman–Crippen LogP) is 0.790. The van der Waals surface area contributed by atoms with Crippen LogP contribution in [0.2, 0.25) is 0 Å². The Labute approximate surface area is 95.1 Å². The number of carbonyl (C=O) groups is 1. The Balaban J connectivity index is 1.72. The molecule has 0 aromatic rings. The molecule has 2 aliphatic heterocycles. The number of aliphatic hydroxyl groups excluding tert-OH is 1. The third kappa shape index (κ3) is 0.956. The van der Waals surface area contributed by atoms with E-state index in [2.05, 4.69) is 17.1 Å². The standard InChI is InChI=1S/C13H17NO2/c15-9-3-4-14-10(6-9)11-7-1-2-8(5-7)12(11)13(14)16/h1-2,7-12,15H,3-6H2/t7-,8+,9-,10+,11+,12+/m1/s1. The molecule has 1 amide bonds. The van der Waals surface area contributed by atoms with Crippen LogP contribution in [0.5, 0.6) is 0 Å². The molecule has 2 heterocycles. The number of hydrogen-bond donors (Lipinski definition) is 1. The Morgan fingerprint density at radius 2 is 2.06 bits per heavy atom. The van der Waals surface area contributed by atoms with E-state index in [9.17, 15) is 9.90 Å². The Morgan fingerprint density at radius 3 is 2.94 bits per heavy atom. The molecule has 0 unspecified atom stereocenters. The van der Waals surface area contributed by atoms with Crippen LogP contribution in [0, 0.1) is 23.7 Å². The highest BCUT2D eigenvalue weighted by Crippen LogP contribution is 2.55. The topological polar surface area (TPSA) is 40.5 Å².